The summed E-state index contributed by atoms with van der Waals surface area (Å²) in [6.07, 6.45) is 8.24. The van der Waals surface area contributed by atoms with Crippen LogP contribution in [0.1, 0.15) is 66.2 Å². The van der Waals surface area contributed by atoms with Gasteiger partial charge in [0.15, 0.2) is 0 Å². The number of hydrogen-bond acceptors (Lipinski definition) is 2. The Labute approximate surface area is 102 Å². The van der Waals surface area contributed by atoms with Gasteiger partial charge in [-0.15, -0.1) is 0 Å². The van der Waals surface area contributed by atoms with Crippen molar-refractivity contribution in [2.75, 3.05) is 13.1 Å². The van der Waals surface area contributed by atoms with E-state index in [-0.39, 0.29) is 0 Å². The third kappa shape index (κ3) is 5.26. The van der Waals surface area contributed by atoms with E-state index in [9.17, 15) is 0 Å². The Morgan fingerprint density at radius 1 is 1.13 bits per heavy atom. The molecule has 0 saturated carbocycles. The largest absolute Gasteiger partial charge is 0.253 e. The Kier molecular flexibility index (Phi) is 8.64. The number of hydrogen-bond donors (Lipinski definition) is 1. The summed E-state index contributed by atoms with van der Waals surface area (Å²) in [5.41, 5.74) is 0.662. The first-order chi connectivity index (χ1) is 7.22. The second kappa shape index (κ2) is 8.46. The summed E-state index contributed by atoms with van der Waals surface area (Å²) in [6, 6.07) is 0. The first-order valence-corrected chi connectivity index (χ1v) is 7.06. The van der Waals surface area contributed by atoms with Gasteiger partial charge in [-0.25, -0.2) is 0 Å². The molecule has 0 aliphatic carbocycles. The van der Waals surface area contributed by atoms with Crippen molar-refractivity contribution in [2.45, 2.75) is 66.2 Å². The van der Waals surface area contributed by atoms with Crippen LogP contribution in [-0.2, 0) is 0 Å². The average molecular weight is 231 g/mol. The summed E-state index contributed by atoms with van der Waals surface area (Å²) in [7, 11) is 0. The molecular formula is C13H29NS. The quantitative estimate of drug-likeness (QED) is 0.695. The van der Waals surface area contributed by atoms with Gasteiger partial charge in [0.2, 0.25) is 0 Å². The van der Waals surface area contributed by atoms with E-state index in [1.165, 1.54) is 51.6 Å². The predicted octanol–water partition coefficient (Wildman–Crippen LogP) is 4.54. The van der Waals surface area contributed by atoms with E-state index >= 15 is 0 Å². The summed E-state index contributed by atoms with van der Waals surface area (Å²) in [6.45, 7) is 11.0. The van der Waals surface area contributed by atoms with E-state index in [1.54, 1.807) is 0 Å². The van der Waals surface area contributed by atoms with Gasteiger partial charge in [0.1, 0.15) is 0 Å². The predicted molar refractivity (Wildman–Crippen MR) is 73.4 cm³/mol. The van der Waals surface area contributed by atoms with E-state index in [2.05, 4.69) is 31.0 Å². The lowest BCUT2D eigenvalue weighted by Gasteiger charge is -2.39. The number of nitrogens with zero attached hydrogens (tertiary/aromatic N) is 1. The summed E-state index contributed by atoms with van der Waals surface area (Å²) < 4.78 is 2.17. The second-order valence-corrected chi connectivity index (χ2v) is 4.98. The number of piperidine rings is 1. The number of unbranched alkanes of at least 4 members (excludes halogenated alkanes) is 1. The maximum absolute atomic E-state index is 4.40. The van der Waals surface area contributed by atoms with E-state index in [4.69, 9.17) is 0 Å². The van der Waals surface area contributed by atoms with Gasteiger partial charge in [-0.1, -0.05) is 59.8 Å². The average Bonchev–Trinajstić information content (AvgIpc) is 2.32. The molecule has 0 aromatic rings. The van der Waals surface area contributed by atoms with Crippen molar-refractivity contribution in [2.24, 2.45) is 5.41 Å². The summed E-state index contributed by atoms with van der Waals surface area (Å²) in [5, 5.41) is 0. The van der Waals surface area contributed by atoms with Crippen molar-refractivity contribution in [3.05, 3.63) is 0 Å². The fourth-order valence-corrected chi connectivity index (χ4v) is 2.50. The molecule has 1 aliphatic heterocycles. The standard InChI is InChI=1S/C11H23NS.C2H6/c1-3-5-6-11(4-2)7-9-12(13)10-8-11;1-2/h13H,3-10H2,1-2H3;1-2H3. The molecular weight excluding hydrogens is 202 g/mol. The monoisotopic (exact) mass is 231 g/mol. The van der Waals surface area contributed by atoms with E-state index in [0.717, 1.165) is 0 Å². The van der Waals surface area contributed by atoms with Crippen molar-refractivity contribution in [3.8, 4) is 0 Å². The van der Waals surface area contributed by atoms with Crippen LogP contribution in [0.3, 0.4) is 0 Å². The molecule has 0 radical (unpaired) electrons. The van der Waals surface area contributed by atoms with E-state index in [1.807, 2.05) is 13.8 Å². The van der Waals surface area contributed by atoms with Crippen LogP contribution in [0.2, 0.25) is 0 Å². The minimum Gasteiger partial charge on any atom is -0.253 e. The van der Waals surface area contributed by atoms with Crippen LogP contribution in [0.25, 0.3) is 0 Å². The van der Waals surface area contributed by atoms with Crippen molar-refractivity contribution in [3.63, 3.8) is 0 Å². The minimum absolute atomic E-state index is 0.662. The van der Waals surface area contributed by atoms with Crippen LogP contribution < -0.4 is 0 Å². The third-order valence-electron chi connectivity index (χ3n) is 3.61. The third-order valence-corrected chi connectivity index (χ3v) is 4.01. The molecule has 1 nitrogen and oxygen atoms in total. The van der Waals surface area contributed by atoms with Gasteiger partial charge >= 0.3 is 0 Å². The lowest BCUT2D eigenvalue weighted by molar-refractivity contribution is 0.138. The molecule has 1 fully saturated rings. The Morgan fingerprint density at radius 2 is 1.67 bits per heavy atom. The molecule has 0 unspecified atom stereocenters. The molecule has 0 bridgehead atoms. The highest BCUT2D eigenvalue weighted by atomic mass is 32.1. The molecule has 1 saturated heterocycles. The van der Waals surface area contributed by atoms with Crippen LogP contribution in [0.4, 0.5) is 0 Å². The molecule has 1 heterocycles. The highest BCUT2D eigenvalue weighted by Gasteiger charge is 2.31. The fourth-order valence-electron chi connectivity index (χ4n) is 2.30. The minimum atomic E-state index is 0.662. The Bertz CT molecular complexity index is 134. The van der Waals surface area contributed by atoms with Crippen molar-refractivity contribution in [1.82, 2.24) is 4.31 Å². The lowest BCUT2D eigenvalue weighted by Crippen LogP contribution is -2.35. The van der Waals surface area contributed by atoms with Crippen LogP contribution in [-0.4, -0.2) is 17.4 Å². The normalized spacial score (nSPS) is 20.6. The van der Waals surface area contributed by atoms with Gasteiger partial charge < -0.3 is 0 Å². The maximum Gasteiger partial charge on any atom is 0.00922 e. The summed E-state index contributed by atoms with van der Waals surface area (Å²) in [4.78, 5) is 0. The highest BCUT2D eigenvalue weighted by molar-refractivity contribution is 7.77. The van der Waals surface area contributed by atoms with Crippen LogP contribution in [0.15, 0.2) is 0 Å². The first-order valence-electron chi connectivity index (χ1n) is 6.66. The zero-order valence-corrected chi connectivity index (χ0v) is 11.9. The zero-order chi connectivity index (χ0) is 11.7. The zero-order valence-electron chi connectivity index (χ0n) is 11.1. The van der Waals surface area contributed by atoms with Crippen molar-refractivity contribution >= 4 is 12.8 Å². The molecule has 0 aromatic heterocycles. The summed E-state index contributed by atoms with van der Waals surface area (Å²) >= 11 is 4.40. The number of rotatable bonds is 4. The second-order valence-electron chi connectivity index (χ2n) is 4.41. The molecule has 0 N–H and O–H groups in total. The molecule has 1 rings (SSSR count). The van der Waals surface area contributed by atoms with Crippen LogP contribution >= 0.6 is 12.8 Å². The Hall–Kier alpha value is 0.310. The van der Waals surface area contributed by atoms with Gasteiger partial charge in [-0.3, -0.25) is 4.31 Å². The van der Waals surface area contributed by atoms with E-state index < -0.39 is 0 Å². The fraction of sp³-hybridized carbons (Fsp3) is 1.00. The maximum atomic E-state index is 4.40. The van der Waals surface area contributed by atoms with Gasteiger partial charge in [-0.05, 0) is 24.7 Å². The molecule has 92 valence electrons. The van der Waals surface area contributed by atoms with Crippen molar-refractivity contribution in [1.29, 1.82) is 0 Å². The SMILES string of the molecule is CC.CCCCC1(CC)CCN(S)CC1. The molecule has 0 amide bonds. The number of thiol groups is 1. The molecule has 0 aromatic carbocycles. The molecule has 15 heavy (non-hydrogen) atoms. The molecule has 0 spiro atoms. The highest BCUT2D eigenvalue weighted by Crippen LogP contribution is 2.39. The van der Waals surface area contributed by atoms with E-state index in [0.29, 0.717) is 5.41 Å². The molecule has 0 atom stereocenters. The van der Waals surface area contributed by atoms with Crippen LogP contribution in [0.5, 0.6) is 0 Å². The Balaban J connectivity index is 0.000000921. The smallest absolute Gasteiger partial charge is 0.00922 e. The van der Waals surface area contributed by atoms with Gasteiger partial charge in [0.05, 0.1) is 0 Å². The van der Waals surface area contributed by atoms with Gasteiger partial charge in [0.25, 0.3) is 0 Å². The summed E-state index contributed by atoms with van der Waals surface area (Å²) in [5.74, 6) is 0. The van der Waals surface area contributed by atoms with Gasteiger partial charge in [0, 0.05) is 13.1 Å². The lowest BCUT2D eigenvalue weighted by atomic mass is 9.73. The molecule has 2 heteroatoms. The Morgan fingerprint density at radius 3 is 2.07 bits per heavy atom. The topological polar surface area (TPSA) is 3.24 Å². The molecule has 1 aliphatic rings. The first kappa shape index (κ1) is 15.3. The van der Waals surface area contributed by atoms with Crippen LogP contribution in [0, 0.1) is 5.41 Å². The van der Waals surface area contributed by atoms with Crippen molar-refractivity contribution < 1.29 is 0 Å². The van der Waals surface area contributed by atoms with Gasteiger partial charge in [-0.2, -0.15) is 0 Å².